The molecule has 4 nitrogen and oxygen atoms in total. The highest BCUT2D eigenvalue weighted by Crippen LogP contribution is 2.18. The predicted molar refractivity (Wildman–Crippen MR) is 73.6 cm³/mol. The molecule has 18 heavy (non-hydrogen) atoms. The first-order chi connectivity index (χ1) is 8.58. The van der Waals surface area contributed by atoms with E-state index in [9.17, 15) is 4.79 Å². The molecule has 1 aromatic carbocycles. The Morgan fingerprint density at radius 1 is 1.39 bits per heavy atom. The summed E-state index contributed by atoms with van der Waals surface area (Å²) >= 11 is 0. The van der Waals surface area contributed by atoms with Crippen molar-refractivity contribution in [2.24, 2.45) is 0 Å². The van der Waals surface area contributed by atoms with E-state index in [0.29, 0.717) is 6.42 Å². The average molecular weight is 250 g/mol. The van der Waals surface area contributed by atoms with Gasteiger partial charge in [-0.15, -0.1) is 0 Å². The molecule has 0 heterocycles. The van der Waals surface area contributed by atoms with Crippen molar-refractivity contribution in [2.75, 3.05) is 26.5 Å². The first-order valence-corrected chi connectivity index (χ1v) is 6.15. The van der Waals surface area contributed by atoms with Gasteiger partial charge in [0.2, 0.25) is 0 Å². The van der Waals surface area contributed by atoms with Crippen LogP contribution in [0, 0.1) is 0 Å². The number of carbonyl (C=O) groups is 1. The molecule has 1 N–H and O–H groups in total. The van der Waals surface area contributed by atoms with E-state index < -0.39 is 0 Å². The van der Waals surface area contributed by atoms with E-state index >= 15 is 0 Å². The second kappa shape index (κ2) is 7.01. The number of rotatable bonds is 6. The molecule has 0 saturated carbocycles. The highest BCUT2D eigenvalue weighted by Gasteiger charge is 2.17. The summed E-state index contributed by atoms with van der Waals surface area (Å²) in [6.07, 6.45) is 0.697. The summed E-state index contributed by atoms with van der Waals surface area (Å²) in [6.45, 7) is 2.80. The summed E-state index contributed by atoms with van der Waals surface area (Å²) in [6, 6.07) is 7.73. The number of anilines is 1. The monoisotopic (exact) mass is 250 g/mol. The molecule has 0 aromatic heterocycles. The number of ether oxygens (including phenoxy) is 1. The third-order valence-electron chi connectivity index (χ3n) is 2.73. The summed E-state index contributed by atoms with van der Waals surface area (Å²) in [5, 5.41) is 3.25. The van der Waals surface area contributed by atoms with Crippen LogP contribution in [0.4, 0.5) is 5.69 Å². The summed E-state index contributed by atoms with van der Waals surface area (Å²) < 4.78 is 4.78. The van der Waals surface area contributed by atoms with Gasteiger partial charge >= 0.3 is 5.97 Å². The number of nitrogens with zero attached hydrogens (tertiary/aromatic N) is 1. The summed E-state index contributed by atoms with van der Waals surface area (Å²) in [5.74, 6) is -0.225. The topological polar surface area (TPSA) is 41.6 Å². The van der Waals surface area contributed by atoms with Crippen LogP contribution in [0.25, 0.3) is 0 Å². The minimum Gasteiger partial charge on any atom is -0.467 e. The SMILES string of the molecule is CCC(Nc1ccccc1CN(C)C)C(=O)OC. The maximum atomic E-state index is 11.6. The number of hydrogen-bond donors (Lipinski definition) is 1. The third-order valence-corrected chi connectivity index (χ3v) is 2.73. The van der Waals surface area contributed by atoms with Crippen LogP contribution >= 0.6 is 0 Å². The van der Waals surface area contributed by atoms with Gasteiger partial charge in [0.05, 0.1) is 7.11 Å². The molecule has 1 unspecified atom stereocenters. The number of nitrogens with one attached hydrogen (secondary N) is 1. The second-order valence-corrected chi connectivity index (χ2v) is 4.52. The van der Waals surface area contributed by atoms with E-state index in [0.717, 1.165) is 12.2 Å². The van der Waals surface area contributed by atoms with E-state index in [1.54, 1.807) is 0 Å². The fraction of sp³-hybridized carbons (Fsp3) is 0.500. The van der Waals surface area contributed by atoms with Crippen molar-refractivity contribution < 1.29 is 9.53 Å². The number of para-hydroxylation sites is 1. The number of carbonyl (C=O) groups excluding carboxylic acids is 1. The Balaban J connectivity index is 2.85. The van der Waals surface area contributed by atoms with Crippen molar-refractivity contribution >= 4 is 11.7 Å². The Bertz CT molecular complexity index is 391. The molecule has 0 saturated heterocycles. The molecule has 1 rings (SSSR count). The Kier molecular flexibility index (Phi) is 5.65. The molecule has 0 bridgehead atoms. The Morgan fingerprint density at radius 3 is 2.61 bits per heavy atom. The summed E-state index contributed by atoms with van der Waals surface area (Å²) in [4.78, 5) is 13.7. The zero-order valence-corrected chi connectivity index (χ0v) is 11.6. The smallest absolute Gasteiger partial charge is 0.328 e. The van der Waals surface area contributed by atoms with E-state index in [4.69, 9.17) is 4.74 Å². The van der Waals surface area contributed by atoms with Crippen molar-refractivity contribution in [2.45, 2.75) is 25.9 Å². The minimum atomic E-state index is -0.293. The van der Waals surface area contributed by atoms with Crippen molar-refractivity contribution in [3.63, 3.8) is 0 Å². The highest BCUT2D eigenvalue weighted by atomic mass is 16.5. The van der Waals surface area contributed by atoms with Crippen molar-refractivity contribution in [3.8, 4) is 0 Å². The first-order valence-electron chi connectivity index (χ1n) is 6.15. The van der Waals surface area contributed by atoms with Gasteiger partial charge in [0.15, 0.2) is 0 Å². The lowest BCUT2D eigenvalue weighted by molar-refractivity contribution is -0.141. The lowest BCUT2D eigenvalue weighted by Gasteiger charge is -2.20. The van der Waals surface area contributed by atoms with Crippen LogP contribution in [0.1, 0.15) is 18.9 Å². The average Bonchev–Trinajstić information content (AvgIpc) is 2.36. The van der Waals surface area contributed by atoms with Gasteiger partial charge in [0, 0.05) is 12.2 Å². The maximum Gasteiger partial charge on any atom is 0.328 e. The van der Waals surface area contributed by atoms with Crippen LogP contribution < -0.4 is 5.32 Å². The lowest BCUT2D eigenvalue weighted by atomic mass is 10.1. The van der Waals surface area contributed by atoms with E-state index in [-0.39, 0.29) is 12.0 Å². The first kappa shape index (κ1) is 14.5. The molecular weight excluding hydrogens is 228 g/mol. The van der Waals surface area contributed by atoms with Gasteiger partial charge in [-0.05, 0) is 32.1 Å². The maximum absolute atomic E-state index is 11.6. The van der Waals surface area contributed by atoms with Gasteiger partial charge in [-0.3, -0.25) is 0 Å². The number of esters is 1. The fourth-order valence-corrected chi connectivity index (χ4v) is 1.80. The van der Waals surface area contributed by atoms with Gasteiger partial charge in [-0.2, -0.15) is 0 Å². The molecule has 0 spiro atoms. The van der Waals surface area contributed by atoms with Gasteiger partial charge in [-0.25, -0.2) is 4.79 Å². The zero-order chi connectivity index (χ0) is 13.5. The Labute approximate surface area is 109 Å². The quantitative estimate of drug-likeness (QED) is 0.785. The molecular formula is C14H22N2O2. The van der Waals surface area contributed by atoms with Crippen molar-refractivity contribution in [1.29, 1.82) is 0 Å². The molecule has 100 valence electrons. The van der Waals surface area contributed by atoms with Crippen LogP contribution in [0.15, 0.2) is 24.3 Å². The number of benzene rings is 1. The fourth-order valence-electron chi connectivity index (χ4n) is 1.80. The largest absolute Gasteiger partial charge is 0.467 e. The lowest BCUT2D eigenvalue weighted by Crippen LogP contribution is -2.30. The number of hydrogen-bond acceptors (Lipinski definition) is 4. The van der Waals surface area contributed by atoms with Gasteiger partial charge < -0.3 is 15.0 Å². The molecule has 0 aliphatic carbocycles. The van der Waals surface area contributed by atoms with Gasteiger partial charge in [-0.1, -0.05) is 25.1 Å². The van der Waals surface area contributed by atoms with Gasteiger partial charge in [0.1, 0.15) is 6.04 Å². The normalized spacial score (nSPS) is 12.3. The third kappa shape index (κ3) is 4.04. The summed E-state index contributed by atoms with van der Waals surface area (Å²) in [5.41, 5.74) is 2.16. The molecule has 1 atom stereocenters. The zero-order valence-electron chi connectivity index (χ0n) is 11.6. The van der Waals surface area contributed by atoms with Crippen LogP contribution in [-0.4, -0.2) is 38.1 Å². The summed E-state index contributed by atoms with van der Waals surface area (Å²) in [7, 11) is 5.46. The van der Waals surface area contributed by atoms with Crippen LogP contribution in [0.3, 0.4) is 0 Å². The van der Waals surface area contributed by atoms with E-state index in [2.05, 4.69) is 16.3 Å². The molecule has 0 aliphatic heterocycles. The molecule has 4 heteroatoms. The molecule has 0 radical (unpaired) electrons. The minimum absolute atomic E-state index is 0.225. The second-order valence-electron chi connectivity index (χ2n) is 4.52. The number of methoxy groups -OCH3 is 1. The van der Waals surface area contributed by atoms with Crippen LogP contribution in [0.2, 0.25) is 0 Å². The van der Waals surface area contributed by atoms with Crippen LogP contribution in [-0.2, 0) is 16.1 Å². The Morgan fingerprint density at radius 2 is 2.06 bits per heavy atom. The molecule has 1 aromatic rings. The van der Waals surface area contributed by atoms with Crippen molar-refractivity contribution in [1.82, 2.24) is 4.90 Å². The Hall–Kier alpha value is -1.55. The standard InChI is InChI=1S/C14H22N2O2/c1-5-12(14(17)18-4)15-13-9-7-6-8-11(13)10-16(2)3/h6-9,12,15H,5,10H2,1-4H3. The predicted octanol–water partition coefficient (Wildman–Crippen LogP) is 2.11. The molecule has 0 amide bonds. The molecule has 0 fully saturated rings. The van der Waals surface area contributed by atoms with Crippen molar-refractivity contribution in [3.05, 3.63) is 29.8 Å². The van der Waals surface area contributed by atoms with E-state index in [1.807, 2.05) is 39.2 Å². The highest BCUT2D eigenvalue weighted by molar-refractivity contribution is 5.79. The van der Waals surface area contributed by atoms with E-state index in [1.165, 1.54) is 12.7 Å². The molecule has 0 aliphatic rings. The van der Waals surface area contributed by atoms with Gasteiger partial charge in [0.25, 0.3) is 0 Å². The van der Waals surface area contributed by atoms with Crippen LogP contribution in [0.5, 0.6) is 0 Å².